The highest BCUT2D eigenvalue weighted by Gasteiger charge is 2.23. The van der Waals surface area contributed by atoms with Crippen molar-refractivity contribution in [2.45, 2.75) is 11.3 Å². The summed E-state index contributed by atoms with van der Waals surface area (Å²) in [6.07, 6.45) is 0.796. The molecular weight excluding hydrogens is 390 g/mol. The van der Waals surface area contributed by atoms with Crippen LogP contribution in [0.15, 0.2) is 32.9 Å². The predicted molar refractivity (Wildman–Crippen MR) is 89.0 cm³/mol. The van der Waals surface area contributed by atoms with Gasteiger partial charge < -0.3 is 9.47 Å². The lowest BCUT2D eigenvalue weighted by molar-refractivity contribution is 0.0607. The summed E-state index contributed by atoms with van der Waals surface area (Å²) in [4.78, 5) is 12.6. The normalized spacial score (nSPS) is 14.1. The van der Waals surface area contributed by atoms with Gasteiger partial charge in [-0.15, -0.1) is 11.3 Å². The van der Waals surface area contributed by atoms with Crippen molar-refractivity contribution in [2.75, 3.05) is 18.4 Å². The van der Waals surface area contributed by atoms with E-state index >= 15 is 0 Å². The van der Waals surface area contributed by atoms with Gasteiger partial charge in [-0.2, -0.15) is 0 Å². The van der Waals surface area contributed by atoms with Crippen molar-refractivity contribution in [1.82, 2.24) is 0 Å². The maximum atomic E-state index is 12.6. The van der Waals surface area contributed by atoms with E-state index in [1.165, 1.54) is 18.4 Å². The van der Waals surface area contributed by atoms with Crippen LogP contribution < -0.4 is 9.46 Å². The van der Waals surface area contributed by atoms with Crippen LogP contribution in [0.1, 0.15) is 15.2 Å². The number of hydrogen-bond donors (Lipinski definition) is 1. The monoisotopic (exact) mass is 401 g/mol. The number of hydrogen-bond acceptors (Lipinski definition) is 5. The summed E-state index contributed by atoms with van der Waals surface area (Å²) < 4.78 is 26.6. The average molecular weight is 402 g/mol. The summed E-state index contributed by atoms with van der Waals surface area (Å²) in [5, 5.41) is 1.74. The van der Waals surface area contributed by atoms with Gasteiger partial charge in [-0.05, 0) is 29.1 Å². The van der Waals surface area contributed by atoms with Gasteiger partial charge in [-0.3, -0.25) is 4.72 Å². The standard InChI is InChI=1S/C14H12BrNO4S2/c1-19-14(17)13-10(3-5-21-13)16-22(18)11-7-9(15)6-8-2-4-20-12(8)11/h3,5-7,16H,2,4H2,1H3. The van der Waals surface area contributed by atoms with Crippen LogP contribution in [0.5, 0.6) is 5.75 Å². The number of ether oxygens (including phenoxy) is 2. The fourth-order valence-electron chi connectivity index (χ4n) is 2.17. The van der Waals surface area contributed by atoms with Gasteiger partial charge in [-0.1, -0.05) is 15.9 Å². The molecule has 1 aliphatic heterocycles. The zero-order valence-electron chi connectivity index (χ0n) is 11.6. The maximum Gasteiger partial charge on any atom is 0.350 e. The molecule has 2 heterocycles. The molecule has 5 nitrogen and oxygen atoms in total. The Kier molecular flexibility index (Phi) is 4.51. The minimum atomic E-state index is -1.54. The van der Waals surface area contributed by atoms with Crippen molar-refractivity contribution in [3.8, 4) is 5.75 Å². The summed E-state index contributed by atoms with van der Waals surface area (Å²) in [6.45, 7) is 0.585. The highest BCUT2D eigenvalue weighted by molar-refractivity contribution is 9.10. The lowest BCUT2D eigenvalue weighted by atomic mass is 10.2. The van der Waals surface area contributed by atoms with Crippen LogP contribution in [0.4, 0.5) is 5.69 Å². The molecule has 0 fully saturated rings. The summed E-state index contributed by atoms with van der Waals surface area (Å²) in [7, 11) is -0.222. The Balaban J connectivity index is 1.90. The van der Waals surface area contributed by atoms with Crippen LogP contribution in [0, 0.1) is 0 Å². The molecule has 0 saturated heterocycles. The third kappa shape index (κ3) is 2.90. The SMILES string of the molecule is COC(=O)c1sccc1NS(=O)c1cc(Br)cc2c1OCC2. The van der Waals surface area contributed by atoms with Crippen LogP contribution in [-0.4, -0.2) is 23.9 Å². The van der Waals surface area contributed by atoms with Crippen molar-refractivity contribution in [3.05, 3.63) is 38.5 Å². The largest absolute Gasteiger partial charge is 0.492 e. The Morgan fingerprint density at radius 1 is 1.50 bits per heavy atom. The minimum absolute atomic E-state index is 0.392. The Bertz CT molecular complexity index is 759. The molecule has 2 aromatic rings. The second kappa shape index (κ2) is 6.39. The summed E-state index contributed by atoms with van der Waals surface area (Å²) in [5.74, 6) is 0.203. The van der Waals surface area contributed by atoms with E-state index in [0.717, 1.165) is 16.5 Å². The van der Waals surface area contributed by atoms with Gasteiger partial charge in [-0.25, -0.2) is 9.00 Å². The predicted octanol–water partition coefficient (Wildman–Crippen LogP) is 3.37. The number of rotatable bonds is 4. The van der Waals surface area contributed by atoms with Gasteiger partial charge in [0.15, 0.2) is 11.0 Å². The fraction of sp³-hybridized carbons (Fsp3) is 0.214. The lowest BCUT2D eigenvalue weighted by Crippen LogP contribution is -2.09. The van der Waals surface area contributed by atoms with E-state index < -0.39 is 17.0 Å². The highest BCUT2D eigenvalue weighted by Crippen LogP contribution is 2.36. The molecule has 1 N–H and O–H groups in total. The molecule has 0 amide bonds. The summed E-state index contributed by atoms with van der Waals surface area (Å²) in [5.41, 5.74) is 1.51. The van der Waals surface area contributed by atoms with E-state index in [-0.39, 0.29) is 0 Å². The van der Waals surface area contributed by atoms with E-state index in [1.54, 1.807) is 17.5 Å². The van der Waals surface area contributed by atoms with Crippen LogP contribution in [0.25, 0.3) is 0 Å². The molecule has 0 bridgehead atoms. The molecule has 0 spiro atoms. The number of methoxy groups -OCH3 is 1. The third-order valence-electron chi connectivity index (χ3n) is 3.15. The van der Waals surface area contributed by atoms with Gasteiger partial charge in [0.1, 0.15) is 15.5 Å². The molecule has 116 valence electrons. The second-order valence-electron chi connectivity index (χ2n) is 4.52. The molecule has 22 heavy (non-hydrogen) atoms. The smallest absolute Gasteiger partial charge is 0.350 e. The number of fused-ring (bicyclic) bond motifs is 1. The van der Waals surface area contributed by atoms with Crippen molar-refractivity contribution in [1.29, 1.82) is 0 Å². The van der Waals surface area contributed by atoms with E-state index in [4.69, 9.17) is 9.47 Å². The van der Waals surface area contributed by atoms with Gasteiger partial charge in [0.2, 0.25) is 0 Å². The first-order chi connectivity index (χ1) is 10.6. The first kappa shape index (κ1) is 15.5. The third-order valence-corrected chi connectivity index (χ3v) is 5.61. The molecule has 8 heteroatoms. The van der Waals surface area contributed by atoms with Gasteiger partial charge >= 0.3 is 5.97 Å². The lowest BCUT2D eigenvalue weighted by Gasteiger charge is -2.10. The number of halogens is 1. The van der Waals surface area contributed by atoms with Crippen LogP contribution >= 0.6 is 27.3 Å². The zero-order chi connectivity index (χ0) is 15.7. The van der Waals surface area contributed by atoms with E-state index in [1.807, 2.05) is 6.07 Å². The Morgan fingerprint density at radius 3 is 3.09 bits per heavy atom. The molecule has 0 saturated carbocycles. The van der Waals surface area contributed by atoms with Gasteiger partial charge in [0, 0.05) is 10.9 Å². The van der Waals surface area contributed by atoms with Crippen molar-refractivity contribution >= 4 is 49.9 Å². The number of esters is 1. The van der Waals surface area contributed by atoms with E-state index in [9.17, 15) is 9.00 Å². The molecule has 3 rings (SSSR count). The average Bonchev–Trinajstić information content (AvgIpc) is 3.14. The van der Waals surface area contributed by atoms with Crippen LogP contribution in [0.3, 0.4) is 0 Å². The first-order valence-electron chi connectivity index (χ1n) is 6.39. The number of carbonyl (C=O) groups is 1. The molecule has 1 atom stereocenters. The number of anilines is 1. The molecular formula is C14H12BrNO4S2. The summed E-state index contributed by atoms with van der Waals surface area (Å²) >= 11 is 4.66. The topological polar surface area (TPSA) is 64.6 Å². The Morgan fingerprint density at radius 2 is 2.32 bits per heavy atom. The van der Waals surface area contributed by atoms with E-state index in [2.05, 4.69) is 20.7 Å². The first-order valence-corrected chi connectivity index (χ1v) is 9.22. The van der Waals surface area contributed by atoms with E-state index in [0.29, 0.717) is 27.8 Å². The quantitative estimate of drug-likeness (QED) is 0.797. The number of benzene rings is 1. The number of carbonyl (C=O) groups excluding carboxylic acids is 1. The number of thiophene rings is 1. The van der Waals surface area contributed by atoms with Crippen LogP contribution in [-0.2, 0) is 22.1 Å². The maximum absolute atomic E-state index is 12.6. The van der Waals surface area contributed by atoms with Crippen LogP contribution in [0.2, 0.25) is 0 Å². The molecule has 0 aliphatic carbocycles. The Labute approximate surface area is 142 Å². The molecule has 1 unspecified atom stereocenters. The molecule has 0 radical (unpaired) electrons. The van der Waals surface area contributed by atoms with Crippen molar-refractivity contribution in [2.24, 2.45) is 0 Å². The fourth-order valence-corrected chi connectivity index (χ4v) is 4.73. The Hall–Kier alpha value is -1.38. The molecule has 1 aliphatic rings. The molecule has 1 aromatic carbocycles. The van der Waals surface area contributed by atoms with Crippen molar-refractivity contribution < 1.29 is 18.5 Å². The highest BCUT2D eigenvalue weighted by atomic mass is 79.9. The second-order valence-corrected chi connectivity index (χ2v) is 7.53. The van der Waals surface area contributed by atoms with Gasteiger partial charge in [0.25, 0.3) is 0 Å². The zero-order valence-corrected chi connectivity index (χ0v) is 14.8. The van der Waals surface area contributed by atoms with Crippen molar-refractivity contribution in [3.63, 3.8) is 0 Å². The minimum Gasteiger partial charge on any atom is -0.492 e. The van der Waals surface area contributed by atoms with Gasteiger partial charge in [0.05, 0.1) is 19.4 Å². The number of nitrogens with one attached hydrogen (secondary N) is 1. The summed E-state index contributed by atoms with van der Waals surface area (Å²) in [6, 6.07) is 5.43. The molecule has 1 aromatic heterocycles.